The Morgan fingerprint density at radius 2 is 1.81 bits per heavy atom. The first-order valence-electron chi connectivity index (χ1n) is 12.2. The monoisotopic (exact) mass is 678 g/mol. The molecule has 4 aromatic rings. The van der Waals surface area contributed by atoms with Gasteiger partial charge in [-0.3, -0.25) is 4.68 Å². The Hall–Kier alpha value is -3.02. The fourth-order valence-corrected chi connectivity index (χ4v) is 5.20. The van der Waals surface area contributed by atoms with Gasteiger partial charge in [-0.15, -0.1) is 0 Å². The van der Waals surface area contributed by atoms with Gasteiger partial charge in [0.05, 0.1) is 29.2 Å². The summed E-state index contributed by atoms with van der Waals surface area (Å²) in [6, 6.07) is 2.12. The Morgan fingerprint density at radius 3 is 2.48 bits per heavy atom. The van der Waals surface area contributed by atoms with Gasteiger partial charge in [0.25, 0.3) is 0 Å². The standard InChI is InChI=1S/C25H21BrClF5N6O4/c1-9-13(26)5-15(23(34-9)25(30,31)32)38-24(35-10(2)36-38)22-21(41)19(20(40)16(8-39)42-22)37-7-11(6-33-37)12-3-4-14(27)18(29)17(12)28/h3-7,16,19-22,39-41H,8H2,1-2H3/t16-,19+,20+,21-,22-/m1/s1. The second-order valence-electron chi connectivity index (χ2n) is 9.53. The molecule has 0 aliphatic carbocycles. The molecule has 4 heterocycles. The van der Waals surface area contributed by atoms with E-state index in [0.717, 1.165) is 27.7 Å². The van der Waals surface area contributed by atoms with Gasteiger partial charge in [-0.05, 0) is 48.0 Å². The lowest BCUT2D eigenvalue weighted by Crippen LogP contribution is -2.53. The highest BCUT2D eigenvalue weighted by molar-refractivity contribution is 9.10. The van der Waals surface area contributed by atoms with Crippen molar-refractivity contribution in [3.8, 4) is 16.8 Å². The summed E-state index contributed by atoms with van der Waals surface area (Å²) in [7, 11) is 0. The minimum Gasteiger partial charge on any atom is -0.394 e. The summed E-state index contributed by atoms with van der Waals surface area (Å²) in [5, 5.41) is 40.1. The Labute approximate surface area is 247 Å². The number of halogens is 7. The molecule has 0 unspecified atom stereocenters. The van der Waals surface area contributed by atoms with Gasteiger partial charge in [-0.2, -0.15) is 23.4 Å². The lowest BCUT2D eigenvalue weighted by Gasteiger charge is -2.42. The van der Waals surface area contributed by atoms with Crippen LogP contribution in [0.2, 0.25) is 5.02 Å². The first-order chi connectivity index (χ1) is 19.7. The van der Waals surface area contributed by atoms with E-state index >= 15 is 0 Å². The Bertz CT molecular complexity index is 1650. The van der Waals surface area contributed by atoms with Crippen LogP contribution in [0, 0.1) is 25.5 Å². The smallest absolute Gasteiger partial charge is 0.394 e. The number of hydrogen-bond acceptors (Lipinski definition) is 8. The SMILES string of the molecule is Cc1nc([C@@H]2O[C@H](CO)[C@H](O)[C@H](n3cc(-c4ccc(Cl)c(F)c4F)cn3)[C@H]2O)n(-c2cc(Br)c(C)nc2C(F)(F)F)n1. The maximum absolute atomic E-state index is 14.6. The van der Waals surface area contributed by atoms with Crippen molar-refractivity contribution in [1.82, 2.24) is 29.5 Å². The van der Waals surface area contributed by atoms with E-state index in [2.05, 4.69) is 36.1 Å². The van der Waals surface area contributed by atoms with E-state index in [-0.39, 0.29) is 32.9 Å². The summed E-state index contributed by atoms with van der Waals surface area (Å²) in [6.45, 7) is 2.03. The molecule has 0 radical (unpaired) electrons. The number of pyridine rings is 1. The molecule has 5 atom stereocenters. The first kappa shape index (κ1) is 30.4. The predicted molar refractivity (Wildman–Crippen MR) is 140 cm³/mol. The van der Waals surface area contributed by atoms with Crippen LogP contribution in [0.5, 0.6) is 0 Å². The summed E-state index contributed by atoms with van der Waals surface area (Å²) in [5.74, 6) is -2.78. The van der Waals surface area contributed by atoms with Crippen LogP contribution in [0.4, 0.5) is 22.0 Å². The van der Waals surface area contributed by atoms with Gasteiger partial charge in [0.15, 0.2) is 23.2 Å². The average Bonchev–Trinajstić information content (AvgIpc) is 3.55. The number of nitrogens with zero attached hydrogens (tertiary/aromatic N) is 6. The van der Waals surface area contributed by atoms with Crippen LogP contribution < -0.4 is 0 Å². The average molecular weight is 680 g/mol. The third-order valence-electron chi connectivity index (χ3n) is 6.77. The fourth-order valence-electron chi connectivity index (χ4n) is 4.75. The topological polar surface area (TPSA) is 131 Å². The number of aryl methyl sites for hydroxylation is 2. The Morgan fingerprint density at radius 1 is 1.10 bits per heavy atom. The number of hydrogen-bond donors (Lipinski definition) is 3. The maximum atomic E-state index is 14.6. The molecule has 5 rings (SSSR count). The van der Waals surface area contributed by atoms with Gasteiger partial charge < -0.3 is 20.1 Å². The highest BCUT2D eigenvalue weighted by Crippen LogP contribution is 2.41. The number of benzene rings is 1. The van der Waals surface area contributed by atoms with Crippen molar-refractivity contribution in [3.05, 3.63) is 74.8 Å². The molecular formula is C25H21BrClF5N6O4. The van der Waals surface area contributed by atoms with E-state index in [4.69, 9.17) is 16.3 Å². The van der Waals surface area contributed by atoms with E-state index in [1.807, 2.05) is 0 Å². The molecule has 0 spiro atoms. The van der Waals surface area contributed by atoms with Gasteiger partial charge in [0.2, 0.25) is 0 Å². The number of aromatic nitrogens is 6. The number of alkyl halides is 3. The van der Waals surface area contributed by atoms with E-state index in [0.29, 0.717) is 0 Å². The summed E-state index contributed by atoms with van der Waals surface area (Å²) < 4.78 is 78.6. The van der Waals surface area contributed by atoms with E-state index < -0.39 is 71.3 Å². The zero-order valence-corrected chi connectivity index (χ0v) is 23.9. The van der Waals surface area contributed by atoms with E-state index in [1.54, 1.807) is 0 Å². The molecule has 1 saturated heterocycles. The maximum Gasteiger partial charge on any atom is 0.435 e. The first-order valence-corrected chi connectivity index (χ1v) is 13.4. The van der Waals surface area contributed by atoms with Crippen LogP contribution in [0.25, 0.3) is 16.8 Å². The highest BCUT2D eigenvalue weighted by atomic mass is 79.9. The van der Waals surface area contributed by atoms with E-state index in [1.165, 1.54) is 26.1 Å². The predicted octanol–water partition coefficient (Wildman–Crippen LogP) is 4.25. The van der Waals surface area contributed by atoms with Crippen molar-refractivity contribution in [2.24, 2.45) is 0 Å². The van der Waals surface area contributed by atoms with Crippen molar-refractivity contribution in [3.63, 3.8) is 0 Å². The van der Waals surface area contributed by atoms with Crippen molar-refractivity contribution >= 4 is 27.5 Å². The molecule has 0 amide bonds. The largest absolute Gasteiger partial charge is 0.435 e. The van der Waals surface area contributed by atoms with Crippen LogP contribution in [-0.2, 0) is 10.9 Å². The normalized spacial score (nSPS) is 23.0. The summed E-state index contributed by atoms with van der Waals surface area (Å²) in [6.07, 6.45) is -8.76. The molecule has 10 nitrogen and oxygen atoms in total. The van der Waals surface area contributed by atoms with Gasteiger partial charge in [-0.1, -0.05) is 11.6 Å². The van der Waals surface area contributed by atoms with Gasteiger partial charge in [-0.25, -0.2) is 23.4 Å². The molecule has 42 heavy (non-hydrogen) atoms. The molecule has 1 aromatic carbocycles. The third kappa shape index (κ3) is 5.31. The quantitative estimate of drug-likeness (QED) is 0.211. The van der Waals surface area contributed by atoms with Crippen LogP contribution in [0.15, 0.2) is 35.1 Å². The van der Waals surface area contributed by atoms with Crippen LogP contribution in [0.3, 0.4) is 0 Å². The molecule has 0 bridgehead atoms. The lowest BCUT2D eigenvalue weighted by molar-refractivity contribution is -0.210. The summed E-state index contributed by atoms with van der Waals surface area (Å²) >= 11 is 8.81. The minimum atomic E-state index is -4.89. The summed E-state index contributed by atoms with van der Waals surface area (Å²) in [5.41, 5.74) is -1.87. The second-order valence-corrected chi connectivity index (χ2v) is 10.8. The molecule has 17 heteroatoms. The molecular weight excluding hydrogens is 659 g/mol. The molecule has 1 fully saturated rings. The zero-order valence-electron chi connectivity index (χ0n) is 21.6. The van der Waals surface area contributed by atoms with E-state index in [9.17, 15) is 37.3 Å². The molecule has 3 N–H and O–H groups in total. The van der Waals surface area contributed by atoms with Crippen molar-refractivity contribution in [2.75, 3.05) is 6.61 Å². The highest BCUT2D eigenvalue weighted by Gasteiger charge is 2.49. The molecule has 224 valence electrons. The lowest BCUT2D eigenvalue weighted by atomic mass is 9.92. The number of aliphatic hydroxyl groups excluding tert-OH is 3. The van der Waals surface area contributed by atoms with Crippen LogP contribution in [-0.4, -0.2) is 69.8 Å². The fraction of sp³-hybridized carbons (Fsp3) is 0.360. The molecule has 0 saturated carbocycles. The van der Waals surface area contributed by atoms with Gasteiger partial charge >= 0.3 is 6.18 Å². The summed E-state index contributed by atoms with van der Waals surface area (Å²) in [4.78, 5) is 7.87. The molecule has 1 aliphatic heterocycles. The van der Waals surface area contributed by atoms with Gasteiger partial charge in [0, 0.05) is 21.8 Å². The molecule has 3 aromatic heterocycles. The van der Waals surface area contributed by atoms with Crippen molar-refractivity contribution in [1.29, 1.82) is 0 Å². The number of rotatable bonds is 5. The number of ether oxygens (including phenoxy) is 1. The second kappa shape index (κ2) is 11.2. The van der Waals surface area contributed by atoms with Crippen molar-refractivity contribution in [2.45, 2.75) is 50.5 Å². The number of aliphatic hydroxyl groups is 3. The zero-order chi connectivity index (χ0) is 30.7. The Kier molecular flexibility index (Phi) is 8.15. The van der Waals surface area contributed by atoms with Crippen molar-refractivity contribution < 1.29 is 42.0 Å². The molecule has 1 aliphatic rings. The van der Waals surface area contributed by atoms with Gasteiger partial charge in [0.1, 0.15) is 36.3 Å². The third-order valence-corrected chi connectivity index (χ3v) is 7.86. The van der Waals surface area contributed by atoms with Crippen LogP contribution in [0.1, 0.15) is 35.2 Å². The van der Waals surface area contributed by atoms with Crippen LogP contribution >= 0.6 is 27.5 Å². The Balaban J connectivity index is 1.60. The minimum absolute atomic E-state index is 0.0236.